The van der Waals surface area contributed by atoms with Gasteiger partial charge >= 0.3 is 0 Å². The molecule has 2 aliphatic heterocycles. The van der Waals surface area contributed by atoms with Crippen molar-refractivity contribution in [1.29, 1.82) is 0 Å². The lowest BCUT2D eigenvalue weighted by molar-refractivity contribution is 0.00863. The lowest BCUT2D eigenvalue weighted by atomic mass is 10.0. The van der Waals surface area contributed by atoms with E-state index < -0.39 is 0 Å². The van der Waals surface area contributed by atoms with E-state index >= 15 is 0 Å². The first-order chi connectivity index (χ1) is 16.7. The molecule has 0 bridgehead atoms. The first-order valence-electron chi connectivity index (χ1n) is 11.4. The van der Waals surface area contributed by atoms with E-state index in [9.17, 15) is 9.59 Å². The highest BCUT2D eigenvalue weighted by molar-refractivity contribution is 7.11. The van der Waals surface area contributed by atoms with Crippen molar-refractivity contribution in [3.63, 3.8) is 0 Å². The largest absolute Gasteiger partial charge is 0.338 e. The van der Waals surface area contributed by atoms with Crippen LogP contribution in [0.25, 0.3) is 22.4 Å². The number of hydrogen-bond acceptors (Lipinski definition) is 6. The van der Waals surface area contributed by atoms with Crippen LogP contribution in [0.1, 0.15) is 20.2 Å². The topological polar surface area (TPSA) is 85.4 Å². The van der Waals surface area contributed by atoms with Crippen molar-refractivity contribution >= 4 is 34.2 Å². The molecule has 34 heavy (non-hydrogen) atoms. The first-order valence-corrected chi connectivity index (χ1v) is 12.3. The Balaban J connectivity index is 1.09. The van der Waals surface area contributed by atoms with Gasteiger partial charge in [0.25, 0.3) is 11.8 Å². The fourth-order valence-corrected chi connectivity index (χ4v) is 5.32. The van der Waals surface area contributed by atoms with E-state index in [0.29, 0.717) is 48.3 Å². The van der Waals surface area contributed by atoms with Gasteiger partial charge in [0.05, 0.1) is 11.1 Å². The predicted octanol–water partition coefficient (Wildman–Crippen LogP) is 2.97. The van der Waals surface area contributed by atoms with Crippen molar-refractivity contribution in [2.24, 2.45) is 0 Å². The van der Waals surface area contributed by atoms with Crippen LogP contribution in [0.4, 0.5) is 0 Å². The Labute approximate surface area is 200 Å². The van der Waals surface area contributed by atoms with Gasteiger partial charge in [-0.3, -0.25) is 14.5 Å². The quantitative estimate of drug-likeness (QED) is 0.494. The highest BCUT2D eigenvalue weighted by atomic mass is 32.1. The Kier molecular flexibility index (Phi) is 5.35. The number of hydrogen-bond donors (Lipinski definition) is 1. The summed E-state index contributed by atoms with van der Waals surface area (Å²) >= 11 is 1.38. The Morgan fingerprint density at radius 1 is 0.912 bits per heavy atom. The van der Waals surface area contributed by atoms with Gasteiger partial charge in [-0.2, -0.15) is 0 Å². The molecule has 2 saturated heterocycles. The minimum absolute atomic E-state index is 0.0158. The summed E-state index contributed by atoms with van der Waals surface area (Å²) < 4.78 is 0. The van der Waals surface area contributed by atoms with Crippen LogP contribution >= 0.6 is 11.3 Å². The van der Waals surface area contributed by atoms with Crippen molar-refractivity contribution in [3.05, 3.63) is 70.7 Å². The molecular formula is C25H24N6O2S. The second kappa shape index (κ2) is 8.66. The number of para-hydroxylation sites is 1. The Hall–Kier alpha value is -3.56. The molecule has 0 unspecified atom stereocenters. The maximum Gasteiger partial charge on any atom is 0.282 e. The molecule has 2 aliphatic rings. The van der Waals surface area contributed by atoms with Crippen LogP contribution in [0.3, 0.4) is 0 Å². The zero-order chi connectivity index (χ0) is 23.1. The summed E-state index contributed by atoms with van der Waals surface area (Å²) in [6.45, 7) is 4.42. The summed E-state index contributed by atoms with van der Waals surface area (Å²) in [6.07, 6.45) is 1.67. The van der Waals surface area contributed by atoms with Crippen molar-refractivity contribution in [3.8, 4) is 11.4 Å². The number of nitrogens with one attached hydrogen (secondary N) is 1. The third-order valence-corrected chi connectivity index (χ3v) is 7.43. The van der Waals surface area contributed by atoms with Gasteiger partial charge in [0.15, 0.2) is 5.01 Å². The van der Waals surface area contributed by atoms with Crippen molar-refractivity contribution in [1.82, 2.24) is 29.7 Å². The number of thiazole rings is 1. The van der Waals surface area contributed by atoms with Crippen LogP contribution in [0.15, 0.2) is 60.1 Å². The smallest absolute Gasteiger partial charge is 0.282 e. The van der Waals surface area contributed by atoms with Crippen LogP contribution < -0.4 is 0 Å². The maximum absolute atomic E-state index is 13.3. The second-order valence-electron chi connectivity index (χ2n) is 8.68. The molecular weight excluding hydrogens is 448 g/mol. The maximum atomic E-state index is 13.3. The number of likely N-dealkylation sites (tertiary alicyclic amines) is 1. The molecule has 0 radical (unpaired) electrons. The molecule has 0 saturated carbocycles. The second-order valence-corrected chi connectivity index (χ2v) is 9.58. The lowest BCUT2D eigenvalue weighted by Gasteiger charge is -2.48. The third-order valence-electron chi connectivity index (χ3n) is 6.67. The van der Waals surface area contributed by atoms with E-state index in [0.717, 1.165) is 30.0 Å². The summed E-state index contributed by atoms with van der Waals surface area (Å²) in [4.78, 5) is 44.2. The number of carbonyl (C=O) groups excluding carboxylic acids is 2. The summed E-state index contributed by atoms with van der Waals surface area (Å²) in [5, 5.41) is 2.38. The van der Waals surface area contributed by atoms with Crippen molar-refractivity contribution in [2.75, 3.05) is 39.3 Å². The van der Waals surface area contributed by atoms with Gasteiger partial charge in [-0.1, -0.05) is 36.4 Å². The number of fused-ring (bicyclic) bond motifs is 1. The molecule has 2 aromatic heterocycles. The minimum atomic E-state index is 0.0158. The number of rotatable bonds is 4. The van der Waals surface area contributed by atoms with Gasteiger partial charge in [-0.15, -0.1) is 11.3 Å². The fraction of sp³-hybridized carbons (Fsp3) is 0.280. The molecule has 1 N–H and O–H groups in total. The van der Waals surface area contributed by atoms with Gasteiger partial charge in [-0.25, -0.2) is 9.97 Å². The fourth-order valence-electron chi connectivity index (χ4n) is 4.71. The van der Waals surface area contributed by atoms with Crippen molar-refractivity contribution in [2.45, 2.75) is 6.04 Å². The Morgan fingerprint density at radius 2 is 1.71 bits per heavy atom. The number of aromatic amines is 1. The van der Waals surface area contributed by atoms with E-state index in [-0.39, 0.29) is 11.8 Å². The third kappa shape index (κ3) is 3.76. The van der Waals surface area contributed by atoms with Crippen LogP contribution in [-0.2, 0) is 0 Å². The molecule has 6 rings (SSSR count). The van der Waals surface area contributed by atoms with Crippen LogP contribution in [0.2, 0.25) is 0 Å². The van der Waals surface area contributed by atoms with Gasteiger partial charge in [0, 0.05) is 62.5 Å². The molecule has 9 heteroatoms. The van der Waals surface area contributed by atoms with E-state index in [1.807, 2.05) is 63.7 Å². The van der Waals surface area contributed by atoms with Crippen molar-refractivity contribution < 1.29 is 9.59 Å². The highest BCUT2D eigenvalue weighted by Crippen LogP contribution is 2.26. The minimum Gasteiger partial charge on any atom is -0.338 e. The number of piperazine rings is 1. The number of benzene rings is 2. The van der Waals surface area contributed by atoms with E-state index in [2.05, 4.69) is 14.9 Å². The molecule has 172 valence electrons. The van der Waals surface area contributed by atoms with Crippen LogP contribution in [0, 0.1) is 0 Å². The monoisotopic (exact) mass is 472 g/mol. The SMILES string of the molecule is O=C(c1nccs1)N1CCN(C2CN(C(=O)c3cccc4[nH]c(-c5ccccc5)nc34)C2)CC1. The normalized spacial score (nSPS) is 17.2. The zero-order valence-corrected chi connectivity index (χ0v) is 19.4. The van der Waals surface area contributed by atoms with E-state index in [1.165, 1.54) is 11.3 Å². The van der Waals surface area contributed by atoms with Gasteiger partial charge in [0.1, 0.15) is 11.3 Å². The van der Waals surface area contributed by atoms with E-state index in [1.54, 1.807) is 6.20 Å². The number of nitrogens with zero attached hydrogens (tertiary/aromatic N) is 5. The average molecular weight is 473 g/mol. The molecule has 2 amide bonds. The van der Waals surface area contributed by atoms with Gasteiger partial charge < -0.3 is 14.8 Å². The van der Waals surface area contributed by atoms with Gasteiger partial charge in [0.2, 0.25) is 0 Å². The predicted molar refractivity (Wildman–Crippen MR) is 131 cm³/mol. The average Bonchev–Trinajstić information content (AvgIpc) is 3.54. The molecule has 0 spiro atoms. The molecule has 2 aromatic carbocycles. The molecule has 0 atom stereocenters. The number of aromatic nitrogens is 3. The summed E-state index contributed by atoms with van der Waals surface area (Å²) in [5.41, 5.74) is 3.20. The van der Waals surface area contributed by atoms with Gasteiger partial charge in [-0.05, 0) is 12.1 Å². The Bertz CT molecular complexity index is 1320. The van der Waals surface area contributed by atoms with Crippen LogP contribution in [0.5, 0.6) is 0 Å². The molecule has 2 fully saturated rings. The number of imidazole rings is 1. The summed E-state index contributed by atoms with van der Waals surface area (Å²) in [6, 6.07) is 16.0. The molecule has 0 aliphatic carbocycles. The van der Waals surface area contributed by atoms with Crippen LogP contribution in [-0.4, -0.2) is 86.8 Å². The summed E-state index contributed by atoms with van der Waals surface area (Å²) in [7, 11) is 0. The summed E-state index contributed by atoms with van der Waals surface area (Å²) in [5.74, 6) is 0.801. The first kappa shape index (κ1) is 21.0. The standard InChI is InChI=1S/C25H24N6O2S/c32-24(19-7-4-8-20-21(19)28-22(27-20)17-5-2-1-3-6-17)31-15-18(16-31)29-10-12-30(13-11-29)25(33)23-26-9-14-34-23/h1-9,14,18H,10-13,15-16H2,(H,27,28). The highest BCUT2D eigenvalue weighted by Gasteiger charge is 2.37. The number of amides is 2. The number of H-pyrrole nitrogens is 1. The molecule has 4 heterocycles. The number of carbonyl (C=O) groups is 2. The van der Waals surface area contributed by atoms with E-state index in [4.69, 9.17) is 4.98 Å². The lowest BCUT2D eigenvalue weighted by Crippen LogP contribution is -2.64. The molecule has 8 nitrogen and oxygen atoms in total. The zero-order valence-electron chi connectivity index (χ0n) is 18.6. The molecule has 4 aromatic rings. The Morgan fingerprint density at radius 3 is 2.44 bits per heavy atom.